The molecule has 0 amide bonds. The summed E-state index contributed by atoms with van der Waals surface area (Å²) in [5.41, 5.74) is 1.08. The van der Waals surface area contributed by atoms with Crippen LogP contribution in [-0.4, -0.2) is 36.3 Å². The number of aliphatic hydroxyl groups is 1. The molecule has 0 unspecified atom stereocenters. The molecule has 3 nitrogen and oxygen atoms in total. The van der Waals surface area contributed by atoms with Crippen molar-refractivity contribution in [2.75, 3.05) is 20.3 Å². The Labute approximate surface area is 107 Å². The molecule has 1 aromatic rings. The Kier molecular flexibility index (Phi) is 4.26. The molecule has 1 aliphatic heterocycles. The van der Waals surface area contributed by atoms with E-state index in [0.29, 0.717) is 0 Å². The van der Waals surface area contributed by atoms with Gasteiger partial charge in [0.25, 0.3) is 0 Å². The first kappa shape index (κ1) is 12.7. The zero-order valence-electron chi connectivity index (χ0n) is 10.0. The molecule has 4 heteroatoms. The van der Waals surface area contributed by atoms with Gasteiger partial charge in [0, 0.05) is 23.2 Å². The molecule has 0 aliphatic carbocycles. The lowest BCUT2D eigenvalue weighted by Gasteiger charge is -2.23. The smallest absolute Gasteiger partial charge is 0.123 e. The van der Waals surface area contributed by atoms with E-state index in [0.717, 1.165) is 42.3 Å². The molecule has 94 valence electrons. The molecule has 1 fully saturated rings. The second-order valence-corrected chi connectivity index (χ2v) is 4.84. The van der Waals surface area contributed by atoms with Crippen molar-refractivity contribution in [3.8, 4) is 5.75 Å². The molecule has 0 saturated carbocycles. The largest absolute Gasteiger partial charge is 0.496 e. The van der Waals surface area contributed by atoms with E-state index in [1.165, 1.54) is 0 Å². The van der Waals surface area contributed by atoms with Gasteiger partial charge in [-0.1, -0.05) is 11.6 Å². The van der Waals surface area contributed by atoms with Gasteiger partial charge in [-0.2, -0.15) is 0 Å². The summed E-state index contributed by atoms with van der Waals surface area (Å²) >= 11 is 6.01. The van der Waals surface area contributed by atoms with Gasteiger partial charge in [0.1, 0.15) is 5.75 Å². The number of hydrogen-bond acceptors (Lipinski definition) is 3. The fraction of sp³-hybridized carbons (Fsp3) is 0.538. The van der Waals surface area contributed by atoms with Crippen LogP contribution in [0.3, 0.4) is 0 Å². The minimum atomic E-state index is 0.225. The molecular formula is C13H18ClNO2. The molecule has 1 atom stereocenters. The van der Waals surface area contributed by atoms with E-state index >= 15 is 0 Å². The molecule has 0 spiro atoms. The van der Waals surface area contributed by atoms with Gasteiger partial charge in [-0.25, -0.2) is 0 Å². The molecular weight excluding hydrogens is 238 g/mol. The Morgan fingerprint density at radius 2 is 2.35 bits per heavy atom. The number of benzene rings is 1. The summed E-state index contributed by atoms with van der Waals surface area (Å²) in [5.74, 6) is 0.859. The number of ether oxygens (including phenoxy) is 1. The molecule has 17 heavy (non-hydrogen) atoms. The van der Waals surface area contributed by atoms with Crippen LogP contribution in [0.1, 0.15) is 18.4 Å². The van der Waals surface area contributed by atoms with Crippen LogP contribution in [0.5, 0.6) is 5.75 Å². The Morgan fingerprint density at radius 3 is 3.06 bits per heavy atom. The lowest BCUT2D eigenvalue weighted by atomic mass is 10.1. The lowest BCUT2D eigenvalue weighted by molar-refractivity contribution is 0.152. The van der Waals surface area contributed by atoms with Crippen LogP contribution >= 0.6 is 11.6 Å². The Hall–Kier alpha value is -0.770. The Bertz CT molecular complexity index is 384. The monoisotopic (exact) mass is 255 g/mol. The maximum absolute atomic E-state index is 9.30. The maximum Gasteiger partial charge on any atom is 0.123 e. The first-order chi connectivity index (χ1) is 8.24. The molecule has 1 N–H and O–H groups in total. The van der Waals surface area contributed by atoms with Gasteiger partial charge in [-0.15, -0.1) is 0 Å². The third-order valence-corrected chi connectivity index (χ3v) is 3.56. The van der Waals surface area contributed by atoms with Crippen molar-refractivity contribution in [3.05, 3.63) is 28.8 Å². The number of likely N-dealkylation sites (tertiary alicyclic amines) is 1. The summed E-state index contributed by atoms with van der Waals surface area (Å²) in [6.45, 7) is 2.04. The predicted octanol–water partition coefficient (Wildman–Crippen LogP) is 2.31. The molecule has 1 saturated heterocycles. The van der Waals surface area contributed by atoms with Crippen molar-refractivity contribution in [2.45, 2.75) is 25.4 Å². The summed E-state index contributed by atoms with van der Waals surface area (Å²) < 4.78 is 5.33. The van der Waals surface area contributed by atoms with E-state index < -0.39 is 0 Å². The van der Waals surface area contributed by atoms with Crippen molar-refractivity contribution in [1.29, 1.82) is 0 Å². The van der Waals surface area contributed by atoms with E-state index in [2.05, 4.69) is 4.90 Å². The number of rotatable bonds is 4. The highest BCUT2D eigenvalue weighted by Gasteiger charge is 2.24. The molecule has 1 aliphatic rings. The minimum absolute atomic E-state index is 0.225. The number of nitrogens with zero attached hydrogens (tertiary/aromatic N) is 1. The standard InChI is InChI=1S/C13H18ClNO2/c1-17-13-5-4-11(14)7-10(13)8-15-6-2-3-12(15)9-16/h4-5,7,12,16H,2-3,6,8-9H2,1H3/t12-/m0/s1. The summed E-state index contributed by atoms with van der Waals surface area (Å²) in [7, 11) is 1.67. The normalized spacial score (nSPS) is 20.8. The summed E-state index contributed by atoms with van der Waals surface area (Å²) in [6, 6.07) is 5.94. The van der Waals surface area contributed by atoms with E-state index in [1.807, 2.05) is 18.2 Å². The number of methoxy groups -OCH3 is 1. The molecule has 1 heterocycles. The van der Waals surface area contributed by atoms with Crippen LogP contribution in [-0.2, 0) is 6.54 Å². The summed E-state index contributed by atoms with van der Waals surface area (Å²) in [4.78, 5) is 2.29. The fourth-order valence-corrected chi connectivity index (χ4v) is 2.59. The van der Waals surface area contributed by atoms with Crippen molar-refractivity contribution < 1.29 is 9.84 Å². The van der Waals surface area contributed by atoms with Gasteiger partial charge in [0.2, 0.25) is 0 Å². The van der Waals surface area contributed by atoms with E-state index in [-0.39, 0.29) is 12.6 Å². The Morgan fingerprint density at radius 1 is 1.53 bits per heavy atom. The van der Waals surface area contributed by atoms with Crippen molar-refractivity contribution in [2.24, 2.45) is 0 Å². The van der Waals surface area contributed by atoms with Crippen LogP contribution in [0.4, 0.5) is 0 Å². The zero-order chi connectivity index (χ0) is 12.3. The number of halogens is 1. The summed E-state index contributed by atoms with van der Waals surface area (Å²) in [5, 5.41) is 10.0. The van der Waals surface area contributed by atoms with Gasteiger partial charge in [0.05, 0.1) is 13.7 Å². The first-order valence-electron chi connectivity index (χ1n) is 5.92. The van der Waals surface area contributed by atoms with Crippen LogP contribution in [0.25, 0.3) is 0 Å². The second kappa shape index (κ2) is 5.71. The van der Waals surface area contributed by atoms with Crippen molar-refractivity contribution in [1.82, 2.24) is 4.90 Å². The highest BCUT2D eigenvalue weighted by molar-refractivity contribution is 6.30. The molecule has 2 rings (SSSR count). The van der Waals surface area contributed by atoms with Gasteiger partial charge >= 0.3 is 0 Å². The SMILES string of the molecule is COc1ccc(Cl)cc1CN1CCC[C@H]1CO. The zero-order valence-corrected chi connectivity index (χ0v) is 10.8. The molecule has 0 radical (unpaired) electrons. The average Bonchev–Trinajstić information content (AvgIpc) is 2.77. The topological polar surface area (TPSA) is 32.7 Å². The first-order valence-corrected chi connectivity index (χ1v) is 6.29. The van der Waals surface area contributed by atoms with Gasteiger partial charge in [0.15, 0.2) is 0 Å². The molecule has 0 bridgehead atoms. The number of aliphatic hydroxyl groups excluding tert-OH is 1. The quantitative estimate of drug-likeness (QED) is 0.896. The summed E-state index contributed by atoms with van der Waals surface area (Å²) in [6.07, 6.45) is 2.22. The maximum atomic E-state index is 9.30. The minimum Gasteiger partial charge on any atom is -0.496 e. The van der Waals surface area contributed by atoms with Crippen LogP contribution in [0, 0.1) is 0 Å². The van der Waals surface area contributed by atoms with Crippen LogP contribution < -0.4 is 4.74 Å². The van der Waals surface area contributed by atoms with E-state index in [4.69, 9.17) is 16.3 Å². The highest BCUT2D eigenvalue weighted by atomic mass is 35.5. The van der Waals surface area contributed by atoms with Crippen LogP contribution in [0.2, 0.25) is 5.02 Å². The predicted molar refractivity (Wildman–Crippen MR) is 68.5 cm³/mol. The fourth-order valence-electron chi connectivity index (χ4n) is 2.40. The third kappa shape index (κ3) is 2.92. The number of hydrogen-bond donors (Lipinski definition) is 1. The Balaban J connectivity index is 2.14. The van der Waals surface area contributed by atoms with Crippen molar-refractivity contribution in [3.63, 3.8) is 0 Å². The van der Waals surface area contributed by atoms with E-state index in [1.54, 1.807) is 7.11 Å². The van der Waals surface area contributed by atoms with Crippen molar-refractivity contribution >= 4 is 11.6 Å². The molecule has 0 aromatic heterocycles. The lowest BCUT2D eigenvalue weighted by Crippen LogP contribution is -2.31. The van der Waals surface area contributed by atoms with Gasteiger partial charge in [-0.3, -0.25) is 4.90 Å². The molecule has 1 aromatic carbocycles. The van der Waals surface area contributed by atoms with Gasteiger partial charge < -0.3 is 9.84 Å². The third-order valence-electron chi connectivity index (χ3n) is 3.33. The van der Waals surface area contributed by atoms with Gasteiger partial charge in [-0.05, 0) is 37.6 Å². The van der Waals surface area contributed by atoms with E-state index in [9.17, 15) is 5.11 Å². The average molecular weight is 256 g/mol. The second-order valence-electron chi connectivity index (χ2n) is 4.41. The highest BCUT2D eigenvalue weighted by Crippen LogP contribution is 2.27. The van der Waals surface area contributed by atoms with Crippen LogP contribution in [0.15, 0.2) is 18.2 Å².